The number of hydrogen-bond acceptors (Lipinski definition) is 2. The number of nitrogens with zero attached hydrogens (tertiary/aromatic N) is 1. The first kappa shape index (κ1) is 12.4. The number of likely N-dealkylation sites (tertiary alicyclic amines) is 1. The molecule has 1 heterocycles. The maximum Gasteiger partial charge on any atom is 0.00683 e. The van der Waals surface area contributed by atoms with Crippen LogP contribution in [-0.4, -0.2) is 37.1 Å². The maximum atomic E-state index is 3.67. The molecule has 1 saturated heterocycles. The van der Waals surface area contributed by atoms with Crippen molar-refractivity contribution < 1.29 is 0 Å². The molecule has 1 saturated carbocycles. The van der Waals surface area contributed by atoms with Gasteiger partial charge in [-0.1, -0.05) is 26.2 Å². The van der Waals surface area contributed by atoms with Gasteiger partial charge in [-0.15, -0.1) is 0 Å². The predicted octanol–water partition coefficient (Wildman–Crippen LogP) is 2.64. The lowest BCUT2D eigenvalue weighted by molar-refractivity contribution is 0.312. The Morgan fingerprint density at radius 3 is 2.75 bits per heavy atom. The molecule has 2 rings (SSSR count). The fraction of sp³-hybridized carbons (Fsp3) is 1.00. The molecular weight excluding hydrogens is 196 g/mol. The summed E-state index contributed by atoms with van der Waals surface area (Å²) in [6.45, 7) is 7.61. The third kappa shape index (κ3) is 4.42. The van der Waals surface area contributed by atoms with Crippen LogP contribution in [0.1, 0.15) is 51.9 Å². The minimum Gasteiger partial charge on any atom is -0.314 e. The van der Waals surface area contributed by atoms with Crippen molar-refractivity contribution in [2.45, 2.75) is 57.9 Å². The molecular formula is C14H28N2. The van der Waals surface area contributed by atoms with E-state index < -0.39 is 0 Å². The zero-order valence-electron chi connectivity index (χ0n) is 10.9. The molecule has 2 heteroatoms. The average Bonchev–Trinajstić information content (AvgIpc) is 3.02. The smallest absolute Gasteiger partial charge is 0.00683 e. The number of rotatable bonds is 8. The monoisotopic (exact) mass is 224 g/mol. The van der Waals surface area contributed by atoms with Gasteiger partial charge in [0.1, 0.15) is 0 Å². The highest BCUT2D eigenvalue weighted by molar-refractivity contribution is 4.84. The van der Waals surface area contributed by atoms with Gasteiger partial charge in [0.25, 0.3) is 0 Å². The molecule has 94 valence electrons. The Morgan fingerprint density at radius 1 is 1.12 bits per heavy atom. The molecule has 1 aliphatic heterocycles. The third-order valence-corrected chi connectivity index (χ3v) is 3.97. The van der Waals surface area contributed by atoms with Gasteiger partial charge < -0.3 is 10.2 Å². The van der Waals surface area contributed by atoms with Crippen LogP contribution in [0.25, 0.3) is 0 Å². The lowest BCUT2D eigenvalue weighted by atomic mass is 10.1. The lowest BCUT2D eigenvalue weighted by Gasteiger charge is -2.16. The number of nitrogens with one attached hydrogen (secondary N) is 1. The Labute approximate surface area is 101 Å². The van der Waals surface area contributed by atoms with Crippen molar-refractivity contribution in [3.8, 4) is 0 Å². The van der Waals surface area contributed by atoms with Crippen molar-refractivity contribution in [2.24, 2.45) is 5.92 Å². The Morgan fingerprint density at radius 2 is 2.00 bits per heavy atom. The van der Waals surface area contributed by atoms with E-state index in [1.807, 2.05) is 0 Å². The molecule has 1 N–H and O–H groups in total. The Balaban J connectivity index is 1.49. The van der Waals surface area contributed by atoms with E-state index in [2.05, 4.69) is 17.1 Å². The molecule has 0 aromatic carbocycles. The SMILES string of the molecule is CCCCCCN1CCC(CNC2CC2)C1. The van der Waals surface area contributed by atoms with E-state index in [-0.39, 0.29) is 0 Å². The topological polar surface area (TPSA) is 15.3 Å². The van der Waals surface area contributed by atoms with Crippen LogP contribution in [0.15, 0.2) is 0 Å². The molecule has 0 amide bonds. The first-order chi connectivity index (χ1) is 7.88. The molecule has 16 heavy (non-hydrogen) atoms. The van der Waals surface area contributed by atoms with Crippen molar-refractivity contribution >= 4 is 0 Å². The van der Waals surface area contributed by atoms with Gasteiger partial charge in [-0.2, -0.15) is 0 Å². The molecule has 1 aliphatic carbocycles. The summed E-state index contributed by atoms with van der Waals surface area (Å²) in [4.78, 5) is 2.68. The van der Waals surface area contributed by atoms with Gasteiger partial charge >= 0.3 is 0 Å². The highest BCUT2D eigenvalue weighted by Crippen LogP contribution is 2.21. The average molecular weight is 224 g/mol. The van der Waals surface area contributed by atoms with Gasteiger partial charge in [0, 0.05) is 12.6 Å². The van der Waals surface area contributed by atoms with Gasteiger partial charge in [-0.25, -0.2) is 0 Å². The van der Waals surface area contributed by atoms with Crippen LogP contribution in [0.5, 0.6) is 0 Å². The summed E-state index contributed by atoms with van der Waals surface area (Å²) in [6.07, 6.45) is 9.89. The zero-order valence-corrected chi connectivity index (χ0v) is 10.9. The summed E-state index contributed by atoms with van der Waals surface area (Å²) in [5.41, 5.74) is 0. The number of hydrogen-bond donors (Lipinski definition) is 1. The summed E-state index contributed by atoms with van der Waals surface area (Å²) in [6, 6.07) is 0.888. The van der Waals surface area contributed by atoms with Crippen LogP contribution >= 0.6 is 0 Å². The second-order valence-electron chi connectivity index (χ2n) is 5.70. The van der Waals surface area contributed by atoms with Crippen molar-refractivity contribution in [3.05, 3.63) is 0 Å². The van der Waals surface area contributed by atoms with Crippen molar-refractivity contribution in [1.29, 1.82) is 0 Å². The summed E-state index contributed by atoms with van der Waals surface area (Å²) >= 11 is 0. The van der Waals surface area contributed by atoms with Crippen LogP contribution in [0, 0.1) is 5.92 Å². The van der Waals surface area contributed by atoms with Crippen LogP contribution in [0.2, 0.25) is 0 Å². The third-order valence-electron chi connectivity index (χ3n) is 3.97. The van der Waals surface area contributed by atoms with Crippen LogP contribution in [-0.2, 0) is 0 Å². The summed E-state index contributed by atoms with van der Waals surface area (Å²) in [5.74, 6) is 0.937. The molecule has 2 aliphatic rings. The molecule has 1 unspecified atom stereocenters. The lowest BCUT2D eigenvalue weighted by Crippen LogP contribution is -2.28. The first-order valence-corrected chi connectivity index (χ1v) is 7.34. The Bertz CT molecular complexity index is 189. The maximum absolute atomic E-state index is 3.67. The standard InChI is InChI=1S/C14H28N2/c1-2-3-4-5-9-16-10-8-13(12-16)11-15-14-6-7-14/h13-15H,2-12H2,1H3. The minimum absolute atomic E-state index is 0.888. The van der Waals surface area contributed by atoms with E-state index in [4.69, 9.17) is 0 Å². The van der Waals surface area contributed by atoms with Crippen LogP contribution < -0.4 is 5.32 Å². The second-order valence-corrected chi connectivity index (χ2v) is 5.70. The molecule has 0 aromatic rings. The Hall–Kier alpha value is -0.0800. The highest BCUT2D eigenvalue weighted by Gasteiger charge is 2.25. The van der Waals surface area contributed by atoms with E-state index >= 15 is 0 Å². The molecule has 0 bridgehead atoms. The normalized spacial score (nSPS) is 26.4. The molecule has 0 spiro atoms. The summed E-state index contributed by atoms with van der Waals surface area (Å²) in [5, 5.41) is 3.67. The Kier molecular flexibility index (Phi) is 5.11. The quantitative estimate of drug-likeness (QED) is 0.638. The molecule has 1 atom stereocenters. The zero-order chi connectivity index (χ0) is 11.2. The van der Waals surface area contributed by atoms with Gasteiger partial charge in [-0.05, 0) is 51.2 Å². The van der Waals surface area contributed by atoms with E-state index in [0.717, 1.165) is 12.0 Å². The van der Waals surface area contributed by atoms with Gasteiger partial charge in [0.2, 0.25) is 0 Å². The predicted molar refractivity (Wildman–Crippen MR) is 69.7 cm³/mol. The molecule has 0 aromatic heterocycles. The molecule has 0 radical (unpaired) electrons. The molecule has 2 nitrogen and oxygen atoms in total. The summed E-state index contributed by atoms with van der Waals surface area (Å²) in [7, 11) is 0. The van der Waals surface area contributed by atoms with Gasteiger partial charge in [-0.3, -0.25) is 0 Å². The van der Waals surface area contributed by atoms with Crippen molar-refractivity contribution in [1.82, 2.24) is 10.2 Å². The van der Waals surface area contributed by atoms with E-state index in [1.54, 1.807) is 0 Å². The van der Waals surface area contributed by atoms with Crippen LogP contribution in [0.4, 0.5) is 0 Å². The summed E-state index contributed by atoms with van der Waals surface area (Å²) < 4.78 is 0. The fourth-order valence-corrected chi connectivity index (χ4v) is 2.67. The minimum atomic E-state index is 0.888. The van der Waals surface area contributed by atoms with Crippen molar-refractivity contribution in [3.63, 3.8) is 0 Å². The van der Waals surface area contributed by atoms with E-state index in [9.17, 15) is 0 Å². The molecule has 2 fully saturated rings. The largest absolute Gasteiger partial charge is 0.314 e. The van der Waals surface area contributed by atoms with Gasteiger partial charge in [0.05, 0.1) is 0 Å². The second kappa shape index (κ2) is 6.61. The van der Waals surface area contributed by atoms with E-state index in [1.165, 1.54) is 71.1 Å². The van der Waals surface area contributed by atoms with Crippen LogP contribution in [0.3, 0.4) is 0 Å². The number of unbranched alkanes of at least 4 members (excludes halogenated alkanes) is 3. The highest BCUT2D eigenvalue weighted by atomic mass is 15.1. The first-order valence-electron chi connectivity index (χ1n) is 7.34. The fourth-order valence-electron chi connectivity index (χ4n) is 2.67. The van der Waals surface area contributed by atoms with Crippen molar-refractivity contribution in [2.75, 3.05) is 26.2 Å². The van der Waals surface area contributed by atoms with E-state index in [0.29, 0.717) is 0 Å². The van der Waals surface area contributed by atoms with Gasteiger partial charge in [0.15, 0.2) is 0 Å².